The van der Waals surface area contributed by atoms with E-state index in [0.717, 1.165) is 72.9 Å². The van der Waals surface area contributed by atoms with Gasteiger partial charge in [0, 0.05) is 24.6 Å². The minimum Gasteiger partial charge on any atom is -0.399 e. The third-order valence-corrected chi connectivity index (χ3v) is 14.1. The minimum atomic E-state index is 0.307. The lowest BCUT2D eigenvalue weighted by molar-refractivity contribution is -0.114. The van der Waals surface area contributed by atoms with Crippen molar-refractivity contribution in [3.05, 3.63) is 23.8 Å². The number of anilines is 2. The summed E-state index contributed by atoms with van der Waals surface area (Å²) in [5.74, 6) is 6.40. The van der Waals surface area contributed by atoms with Crippen molar-refractivity contribution in [2.24, 2.45) is 57.7 Å². The fourth-order valence-electron chi connectivity index (χ4n) is 11.1. The number of rotatable bonds is 11. The Balaban J connectivity index is 1.08. The van der Waals surface area contributed by atoms with Crippen molar-refractivity contribution in [1.29, 1.82) is 0 Å². The lowest BCUT2D eigenvalue weighted by Crippen LogP contribution is -2.53. The van der Waals surface area contributed by atoms with Gasteiger partial charge in [0.25, 0.3) is 0 Å². The molecular formula is C38H64N2O. The highest BCUT2D eigenvalue weighted by atomic mass is 16.5. The van der Waals surface area contributed by atoms with Crippen LogP contribution in [0.5, 0.6) is 0 Å². The summed E-state index contributed by atoms with van der Waals surface area (Å²) in [6, 6.07) is 5.88. The van der Waals surface area contributed by atoms with Crippen LogP contribution in [0.4, 0.5) is 11.4 Å². The lowest BCUT2D eigenvalue weighted by Gasteiger charge is -2.61. The molecule has 4 aliphatic carbocycles. The van der Waals surface area contributed by atoms with Gasteiger partial charge in [0.1, 0.15) is 0 Å². The maximum Gasteiger partial charge on any atom is 0.0496 e. The summed E-state index contributed by atoms with van der Waals surface area (Å²) in [4.78, 5) is 0. The molecule has 5 rings (SSSR count). The summed E-state index contributed by atoms with van der Waals surface area (Å²) >= 11 is 0. The van der Waals surface area contributed by atoms with Crippen LogP contribution in [0.2, 0.25) is 0 Å². The van der Waals surface area contributed by atoms with Gasteiger partial charge in [-0.15, -0.1) is 0 Å². The van der Waals surface area contributed by atoms with Crippen LogP contribution in [0.1, 0.15) is 131 Å². The van der Waals surface area contributed by atoms with E-state index in [-0.39, 0.29) is 0 Å². The second kappa shape index (κ2) is 12.4. The normalized spacial score (nSPS) is 36.7. The second-order valence-corrected chi connectivity index (χ2v) is 16.7. The van der Waals surface area contributed by atoms with Crippen molar-refractivity contribution in [1.82, 2.24) is 0 Å². The Hall–Kier alpha value is -1.22. The molecule has 3 heteroatoms. The molecule has 0 aromatic heterocycles. The van der Waals surface area contributed by atoms with Gasteiger partial charge in [-0.1, -0.05) is 54.4 Å². The third-order valence-electron chi connectivity index (χ3n) is 14.1. The molecule has 3 nitrogen and oxygen atoms in total. The Kier molecular flexibility index (Phi) is 9.45. The van der Waals surface area contributed by atoms with E-state index in [1.54, 1.807) is 6.42 Å². The van der Waals surface area contributed by atoms with Crippen LogP contribution in [0.3, 0.4) is 0 Å². The number of hydrogen-bond donors (Lipinski definition) is 2. The Labute approximate surface area is 253 Å². The van der Waals surface area contributed by atoms with Crippen LogP contribution >= 0.6 is 0 Å². The first kappa shape index (κ1) is 31.2. The fourth-order valence-corrected chi connectivity index (χ4v) is 11.1. The fraction of sp³-hybridized carbons (Fsp3) is 0.842. The van der Waals surface area contributed by atoms with Crippen LogP contribution < -0.4 is 11.5 Å². The Morgan fingerprint density at radius 1 is 0.878 bits per heavy atom. The van der Waals surface area contributed by atoms with E-state index in [4.69, 9.17) is 16.2 Å². The largest absolute Gasteiger partial charge is 0.399 e. The number of nitrogens with two attached hydrogens (primary N) is 2. The van der Waals surface area contributed by atoms with Gasteiger partial charge in [0.05, 0.1) is 0 Å². The van der Waals surface area contributed by atoms with Crippen LogP contribution in [-0.2, 0) is 11.2 Å². The Bertz CT molecular complexity index is 999. The zero-order chi connectivity index (χ0) is 29.4. The molecule has 9 atom stereocenters. The predicted molar refractivity (Wildman–Crippen MR) is 176 cm³/mol. The van der Waals surface area contributed by atoms with E-state index in [2.05, 4.69) is 41.5 Å². The van der Waals surface area contributed by atoms with E-state index in [9.17, 15) is 0 Å². The zero-order valence-corrected chi connectivity index (χ0v) is 27.7. The molecule has 4 fully saturated rings. The molecule has 0 radical (unpaired) electrons. The van der Waals surface area contributed by atoms with Gasteiger partial charge in [-0.2, -0.15) is 0 Å². The molecule has 2 unspecified atom stereocenters. The topological polar surface area (TPSA) is 61.3 Å². The maximum atomic E-state index is 6.19. The minimum absolute atomic E-state index is 0.307. The maximum absolute atomic E-state index is 6.19. The summed E-state index contributed by atoms with van der Waals surface area (Å²) in [5.41, 5.74) is 16.2. The van der Waals surface area contributed by atoms with Gasteiger partial charge in [-0.05, 0) is 158 Å². The molecule has 0 amide bonds. The molecule has 0 heterocycles. The van der Waals surface area contributed by atoms with E-state index < -0.39 is 0 Å². The van der Waals surface area contributed by atoms with E-state index in [1.807, 2.05) is 18.2 Å². The zero-order valence-electron chi connectivity index (χ0n) is 27.7. The van der Waals surface area contributed by atoms with Crippen molar-refractivity contribution in [2.75, 3.05) is 24.7 Å². The molecule has 0 spiro atoms. The van der Waals surface area contributed by atoms with Crippen LogP contribution in [0, 0.1) is 57.7 Å². The van der Waals surface area contributed by atoms with Gasteiger partial charge in [0.2, 0.25) is 0 Å². The van der Waals surface area contributed by atoms with E-state index in [1.165, 1.54) is 76.2 Å². The Morgan fingerprint density at radius 3 is 2.37 bits per heavy atom. The quantitative estimate of drug-likeness (QED) is 0.208. The summed E-state index contributed by atoms with van der Waals surface area (Å²) in [6.07, 6.45) is 19.8. The standard InChI is InChI=1S/C38H64N2O/c1-26(16-19-36(3,4)27(2)25-41-21-9-10-28-22-30(39)24-31(40)23-28)33-14-15-34-32-13-12-29-11-7-8-18-37(29,5)35(32)17-20-38(33,34)6/h22-24,26-27,29,32-35H,7-21,25,39-40H2,1-6H3/t26-,27?,29?,32+,33-,34+,35+,37+,38-/m1/s1. The van der Waals surface area contributed by atoms with E-state index >= 15 is 0 Å². The molecule has 0 bridgehead atoms. The second-order valence-electron chi connectivity index (χ2n) is 16.7. The average Bonchev–Trinajstić information content (AvgIpc) is 3.28. The SMILES string of the molecule is CC(COCCCc1cc(N)cc(N)c1)C(C)(C)CC[C@@H](C)[C@H]1CC[C@H]2[C@@H]3CCC4CCCC[C@]4(C)[C@H]3CC[C@]12C. The summed E-state index contributed by atoms with van der Waals surface area (Å²) in [5, 5.41) is 0. The summed E-state index contributed by atoms with van der Waals surface area (Å²) in [6.45, 7) is 17.1. The number of hydrogen-bond acceptors (Lipinski definition) is 3. The first-order chi connectivity index (χ1) is 19.4. The van der Waals surface area contributed by atoms with E-state index in [0.29, 0.717) is 22.2 Å². The highest BCUT2D eigenvalue weighted by Crippen LogP contribution is 2.68. The van der Waals surface area contributed by atoms with Gasteiger partial charge in [-0.25, -0.2) is 0 Å². The van der Waals surface area contributed by atoms with Gasteiger partial charge in [0.15, 0.2) is 0 Å². The molecule has 0 saturated heterocycles. The molecule has 4 aliphatic rings. The molecule has 1 aromatic carbocycles. The highest BCUT2D eigenvalue weighted by Gasteiger charge is 2.60. The molecule has 4 N–H and O–H groups in total. The highest BCUT2D eigenvalue weighted by molar-refractivity contribution is 5.54. The van der Waals surface area contributed by atoms with Crippen molar-refractivity contribution >= 4 is 11.4 Å². The van der Waals surface area contributed by atoms with Gasteiger partial charge < -0.3 is 16.2 Å². The first-order valence-electron chi connectivity index (χ1n) is 17.7. The monoisotopic (exact) mass is 565 g/mol. The van der Waals surface area contributed by atoms with Crippen molar-refractivity contribution in [2.45, 2.75) is 131 Å². The molecule has 1 aromatic rings. The summed E-state index contributed by atoms with van der Waals surface area (Å²) < 4.78 is 6.19. The van der Waals surface area contributed by atoms with Crippen LogP contribution in [0.25, 0.3) is 0 Å². The van der Waals surface area contributed by atoms with Crippen LogP contribution in [0.15, 0.2) is 18.2 Å². The van der Waals surface area contributed by atoms with Crippen molar-refractivity contribution in [3.8, 4) is 0 Å². The van der Waals surface area contributed by atoms with Crippen LogP contribution in [-0.4, -0.2) is 13.2 Å². The smallest absolute Gasteiger partial charge is 0.0496 e. The van der Waals surface area contributed by atoms with Crippen molar-refractivity contribution in [3.63, 3.8) is 0 Å². The number of aryl methyl sites for hydroxylation is 1. The number of fused-ring (bicyclic) bond motifs is 5. The lowest BCUT2D eigenvalue weighted by atomic mass is 9.44. The van der Waals surface area contributed by atoms with Crippen molar-refractivity contribution < 1.29 is 4.74 Å². The third kappa shape index (κ3) is 6.37. The Morgan fingerprint density at radius 2 is 1.61 bits per heavy atom. The molecule has 41 heavy (non-hydrogen) atoms. The molecule has 232 valence electrons. The van der Waals surface area contributed by atoms with Gasteiger partial charge >= 0.3 is 0 Å². The molecule has 4 saturated carbocycles. The predicted octanol–water partition coefficient (Wildman–Crippen LogP) is 9.93. The number of nitrogen functional groups attached to an aromatic ring is 2. The molecule has 0 aliphatic heterocycles. The number of ether oxygens (including phenoxy) is 1. The summed E-state index contributed by atoms with van der Waals surface area (Å²) in [7, 11) is 0. The first-order valence-corrected chi connectivity index (χ1v) is 17.7. The van der Waals surface area contributed by atoms with Gasteiger partial charge in [-0.3, -0.25) is 0 Å². The molecular weight excluding hydrogens is 500 g/mol. The average molecular weight is 565 g/mol. The number of benzene rings is 1.